The maximum atomic E-state index is 10.7. The molecule has 0 aromatic heterocycles. The van der Waals surface area contributed by atoms with E-state index in [1.165, 1.54) is 0 Å². The molecule has 0 bridgehead atoms. The van der Waals surface area contributed by atoms with E-state index in [1.807, 2.05) is 0 Å². The first kappa shape index (κ1) is 16.0. The summed E-state index contributed by atoms with van der Waals surface area (Å²) in [4.78, 5) is 0. The van der Waals surface area contributed by atoms with Crippen molar-refractivity contribution in [1.82, 2.24) is 0 Å². The third-order valence-electron chi connectivity index (χ3n) is 1.76. The van der Waals surface area contributed by atoms with Gasteiger partial charge in [-0.05, 0) is 20.8 Å². The number of hydrogen-bond donors (Lipinski definition) is 1. The Labute approximate surface area is 98.0 Å². The Balaban J connectivity index is 4.58. The summed E-state index contributed by atoms with van der Waals surface area (Å²) < 4.78 is 46.4. The zero-order valence-electron chi connectivity index (χ0n) is 9.93. The van der Waals surface area contributed by atoms with Gasteiger partial charge in [-0.1, -0.05) is 0 Å². The predicted octanol–water partition coefficient (Wildman–Crippen LogP) is 0.923. The maximum Gasteiger partial charge on any atom is 0.502 e. The highest BCUT2D eigenvalue weighted by Gasteiger charge is 2.41. The lowest BCUT2D eigenvalue weighted by atomic mass is 10.9. The molecule has 0 saturated heterocycles. The molecule has 0 amide bonds. The standard InChI is InChI=1S/C8H20O6SSi/c1-4-12-16(13-5-2,14-6-3)8-7-15(9,10)11/h4-8H2,1-3H3,(H,9,10,11). The summed E-state index contributed by atoms with van der Waals surface area (Å²) in [6, 6.07) is 0.0708. The normalized spacial score (nSPS) is 13.0. The molecule has 0 saturated carbocycles. The van der Waals surface area contributed by atoms with Crippen LogP contribution >= 0.6 is 0 Å². The molecule has 0 aromatic carbocycles. The van der Waals surface area contributed by atoms with E-state index in [0.29, 0.717) is 19.8 Å². The first-order valence-electron chi connectivity index (χ1n) is 5.26. The fourth-order valence-electron chi connectivity index (χ4n) is 1.26. The van der Waals surface area contributed by atoms with Gasteiger partial charge >= 0.3 is 8.80 Å². The fraction of sp³-hybridized carbons (Fsp3) is 1.00. The molecule has 0 atom stereocenters. The smallest absolute Gasteiger partial charge is 0.374 e. The van der Waals surface area contributed by atoms with Gasteiger partial charge in [0, 0.05) is 25.9 Å². The molecule has 0 unspecified atom stereocenters. The molecule has 0 heterocycles. The van der Waals surface area contributed by atoms with Crippen LogP contribution < -0.4 is 0 Å². The quantitative estimate of drug-likeness (QED) is 0.496. The van der Waals surface area contributed by atoms with Crippen LogP contribution in [-0.4, -0.2) is 47.3 Å². The van der Waals surface area contributed by atoms with Gasteiger partial charge in [-0.3, -0.25) is 4.55 Å². The van der Waals surface area contributed by atoms with Crippen LogP contribution in [-0.2, 0) is 23.4 Å². The Morgan fingerprint density at radius 2 is 1.38 bits per heavy atom. The minimum absolute atomic E-state index is 0.0708. The van der Waals surface area contributed by atoms with Crippen molar-refractivity contribution in [1.29, 1.82) is 0 Å². The van der Waals surface area contributed by atoms with E-state index in [-0.39, 0.29) is 6.04 Å². The minimum atomic E-state index is -4.02. The zero-order chi connectivity index (χ0) is 12.7. The van der Waals surface area contributed by atoms with E-state index >= 15 is 0 Å². The first-order valence-corrected chi connectivity index (χ1v) is 8.80. The Morgan fingerprint density at radius 3 is 1.62 bits per heavy atom. The molecule has 0 aromatic rings. The van der Waals surface area contributed by atoms with Crippen molar-refractivity contribution in [2.24, 2.45) is 0 Å². The van der Waals surface area contributed by atoms with Crippen molar-refractivity contribution in [3.8, 4) is 0 Å². The van der Waals surface area contributed by atoms with Crippen molar-refractivity contribution >= 4 is 18.9 Å². The summed E-state index contributed by atoms with van der Waals surface area (Å²) in [6.07, 6.45) is 0. The van der Waals surface area contributed by atoms with Gasteiger partial charge in [0.15, 0.2) is 0 Å². The van der Waals surface area contributed by atoms with Gasteiger partial charge in [0.05, 0.1) is 5.75 Å². The van der Waals surface area contributed by atoms with Gasteiger partial charge in [-0.15, -0.1) is 0 Å². The molecule has 8 heteroatoms. The van der Waals surface area contributed by atoms with Crippen LogP contribution in [0.25, 0.3) is 0 Å². The molecule has 16 heavy (non-hydrogen) atoms. The van der Waals surface area contributed by atoms with Gasteiger partial charge in [-0.2, -0.15) is 8.42 Å². The lowest BCUT2D eigenvalue weighted by molar-refractivity contribution is 0.0726. The fourth-order valence-corrected chi connectivity index (χ4v) is 5.29. The van der Waals surface area contributed by atoms with Crippen LogP contribution in [0.3, 0.4) is 0 Å². The van der Waals surface area contributed by atoms with Gasteiger partial charge in [0.1, 0.15) is 0 Å². The molecule has 0 fully saturated rings. The van der Waals surface area contributed by atoms with E-state index in [2.05, 4.69) is 0 Å². The molecule has 98 valence electrons. The molecule has 0 aliphatic carbocycles. The Morgan fingerprint density at radius 1 is 1.00 bits per heavy atom. The Hall–Kier alpha value is 0.00688. The zero-order valence-corrected chi connectivity index (χ0v) is 11.7. The molecular weight excluding hydrogens is 252 g/mol. The van der Waals surface area contributed by atoms with Crippen molar-refractivity contribution < 1.29 is 26.2 Å². The Bertz CT molecular complexity index is 261. The third kappa shape index (κ3) is 6.56. The van der Waals surface area contributed by atoms with E-state index in [1.54, 1.807) is 20.8 Å². The molecule has 1 N–H and O–H groups in total. The van der Waals surface area contributed by atoms with E-state index < -0.39 is 24.7 Å². The highest BCUT2D eigenvalue weighted by Crippen LogP contribution is 2.16. The van der Waals surface area contributed by atoms with E-state index in [0.717, 1.165) is 0 Å². The van der Waals surface area contributed by atoms with Crippen molar-refractivity contribution in [2.75, 3.05) is 25.6 Å². The van der Waals surface area contributed by atoms with Crippen LogP contribution in [0.2, 0.25) is 6.04 Å². The predicted molar refractivity (Wildman–Crippen MR) is 61.9 cm³/mol. The van der Waals surface area contributed by atoms with Gasteiger partial charge in [-0.25, -0.2) is 0 Å². The van der Waals surface area contributed by atoms with E-state index in [9.17, 15) is 8.42 Å². The molecule has 0 aliphatic heterocycles. The van der Waals surface area contributed by atoms with Crippen LogP contribution in [0.4, 0.5) is 0 Å². The number of rotatable bonds is 9. The van der Waals surface area contributed by atoms with Gasteiger partial charge in [0.25, 0.3) is 10.1 Å². The second kappa shape index (κ2) is 7.36. The summed E-state index contributed by atoms with van der Waals surface area (Å²) in [5.74, 6) is -0.404. The average Bonchev–Trinajstić information content (AvgIpc) is 2.15. The summed E-state index contributed by atoms with van der Waals surface area (Å²) >= 11 is 0. The van der Waals surface area contributed by atoms with Gasteiger partial charge < -0.3 is 13.3 Å². The van der Waals surface area contributed by atoms with Gasteiger partial charge in [0.2, 0.25) is 0 Å². The van der Waals surface area contributed by atoms with Crippen LogP contribution in [0.1, 0.15) is 20.8 Å². The summed E-state index contributed by atoms with van der Waals surface area (Å²) in [5, 5.41) is 0. The highest BCUT2D eigenvalue weighted by molar-refractivity contribution is 7.85. The lowest BCUT2D eigenvalue weighted by Crippen LogP contribution is -2.47. The van der Waals surface area contributed by atoms with E-state index in [4.69, 9.17) is 17.8 Å². The minimum Gasteiger partial charge on any atom is -0.374 e. The monoisotopic (exact) mass is 272 g/mol. The highest BCUT2D eigenvalue weighted by atomic mass is 32.2. The second-order valence-electron chi connectivity index (χ2n) is 3.02. The molecule has 0 spiro atoms. The topological polar surface area (TPSA) is 82.1 Å². The van der Waals surface area contributed by atoms with Crippen LogP contribution in [0.5, 0.6) is 0 Å². The Kier molecular flexibility index (Phi) is 7.36. The SMILES string of the molecule is CCO[Si](CCS(=O)(=O)O)(OCC)OCC. The molecule has 0 radical (unpaired) electrons. The van der Waals surface area contributed by atoms with Crippen molar-refractivity contribution in [2.45, 2.75) is 26.8 Å². The largest absolute Gasteiger partial charge is 0.502 e. The third-order valence-corrected chi connectivity index (χ3v) is 5.89. The van der Waals surface area contributed by atoms with Crippen molar-refractivity contribution in [3.05, 3.63) is 0 Å². The summed E-state index contributed by atoms with van der Waals surface area (Å²) in [5.41, 5.74) is 0. The second-order valence-corrected chi connectivity index (χ2v) is 7.32. The molecule has 6 nitrogen and oxygen atoms in total. The van der Waals surface area contributed by atoms with Crippen LogP contribution in [0, 0.1) is 0 Å². The molecular formula is C8H20O6SSi. The first-order chi connectivity index (χ1) is 7.39. The number of hydrogen-bond acceptors (Lipinski definition) is 5. The molecule has 0 aliphatic rings. The van der Waals surface area contributed by atoms with Crippen molar-refractivity contribution in [3.63, 3.8) is 0 Å². The maximum absolute atomic E-state index is 10.7. The lowest BCUT2D eigenvalue weighted by Gasteiger charge is -2.27. The summed E-state index contributed by atoms with van der Waals surface area (Å²) in [6.45, 7) is 6.51. The average molecular weight is 272 g/mol. The summed E-state index contributed by atoms with van der Waals surface area (Å²) in [7, 11) is -6.96. The van der Waals surface area contributed by atoms with Crippen LogP contribution in [0.15, 0.2) is 0 Å². The molecule has 0 rings (SSSR count).